The lowest BCUT2D eigenvalue weighted by Crippen LogP contribution is -2.21. The highest BCUT2D eigenvalue weighted by Crippen LogP contribution is 2.21. The summed E-state index contributed by atoms with van der Waals surface area (Å²) >= 11 is 5.86. The zero-order chi connectivity index (χ0) is 15.9. The van der Waals surface area contributed by atoms with Crippen LogP contribution in [0.4, 0.5) is 5.69 Å². The fourth-order valence-corrected chi connectivity index (χ4v) is 2.04. The summed E-state index contributed by atoms with van der Waals surface area (Å²) in [6.45, 7) is 1.74. The Balaban J connectivity index is 2.01. The first kappa shape index (κ1) is 15.9. The Kier molecular flexibility index (Phi) is 5.38. The van der Waals surface area contributed by atoms with Crippen LogP contribution in [0.15, 0.2) is 47.6 Å². The maximum atomic E-state index is 11.9. The number of rotatable bonds is 5. The van der Waals surface area contributed by atoms with E-state index in [0.29, 0.717) is 16.3 Å². The molecule has 2 rings (SSSR count). The van der Waals surface area contributed by atoms with Gasteiger partial charge in [-0.1, -0.05) is 35.0 Å². The SMILES string of the molecule is Cc1ccccc1NC(=O)COc1ccc(Cl)cc1/C=N/O. The molecule has 2 aromatic carbocycles. The minimum Gasteiger partial charge on any atom is -0.483 e. The highest BCUT2D eigenvalue weighted by Gasteiger charge is 2.08. The van der Waals surface area contributed by atoms with E-state index < -0.39 is 0 Å². The van der Waals surface area contributed by atoms with Crippen LogP contribution in [-0.2, 0) is 4.79 Å². The quantitative estimate of drug-likeness (QED) is 0.504. The molecule has 5 nitrogen and oxygen atoms in total. The number of para-hydroxylation sites is 1. The number of benzene rings is 2. The highest BCUT2D eigenvalue weighted by atomic mass is 35.5. The number of anilines is 1. The van der Waals surface area contributed by atoms with E-state index in [9.17, 15) is 4.79 Å². The number of aryl methyl sites for hydroxylation is 1. The van der Waals surface area contributed by atoms with Crippen LogP contribution in [0.2, 0.25) is 5.02 Å². The van der Waals surface area contributed by atoms with Gasteiger partial charge in [0.2, 0.25) is 0 Å². The number of amides is 1. The molecule has 0 heterocycles. The maximum absolute atomic E-state index is 11.9. The van der Waals surface area contributed by atoms with Crippen molar-refractivity contribution < 1.29 is 14.7 Å². The van der Waals surface area contributed by atoms with Crippen LogP contribution in [0.25, 0.3) is 0 Å². The summed E-state index contributed by atoms with van der Waals surface area (Å²) in [7, 11) is 0. The molecule has 0 aliphatic carbocycles. The summed E-state index contributed by atoms with van der Waals surface area (Å²) in [5.74, 6) is 0.123. The Labute approximate surface area is 133 Å². The molecule has 0 aliphatic rings. The van der Waals surface area contributed by atoms with Crippen LogP contribution < -0.4 is 10.1 Å². The standard InChI is InChI=1S/C16H15ClN2O3/c1-11-4-2-3-5-14(11)19-16(20)10-22-15-7-6-13(17)8-12(15)9-18-21/h2-9,21H,10H2,1H3,(H,19,20)/b18-9+. The van der Waals surface area contributed by atoms with E-state index in [1.165, 1.54) is 6.21 Å². The Morgan fingerprint density at radius 2 is 2.14 bits per heavy atom. The average molecular weight is 319 g/mol. The van der Waals surface area contributed by atoms with Gasteiger partial charge >= 0.3 is 0 Å². The number of oxime groups is 1. The monoisotopic (exact) mass is 318 g/mol. The number of nitrogens with one attached hydrogen (secondary N) is 1. The second kappa shape index (κ2) is 7.47. The first-order chi connectivity index (χ1) is 10.6. The number of hydrogen-bond acceptors (Lipinski definition) is 4. The molecule has 0 saturated carbocycles. The summed E-state index contributed by atoms with van der Waals surface area (Å²) in [6.07, 6.45) is 1.19. The molecule has 0 fully saturated rings. The molecule has 2 aromatic rings. The van der Waals surface area contributed by atoms with Crippen LogP contribution in [-0.4, -0.2) is 23.9 Å². The van der Waals surface area contributed by atoms with Gasteiger partial charge in [0.25, 0.3) is 5.91 Å². The largest absolute Gasteiger partial charge is 0.483 e. The van der Waals surface area contributed by atoms with Gasteiger partial charge in [-0.25, -0.2) is 0 Å². The molecule has 0 spiro atoms. The molecule has 0 aromatic heterocycles. The average Bonchev–Trinajstić information content (AvgIpc) is 2.49. The van der Waals surface area contributed by atoms with Crippen LogP contribution in [0.3, 0.4) is 0 Å². The molecule has 0 atom stereocenters. The summed E-state index contributed by atoms with van der Waals surface area (Å²) in [5.41, 5.74) is 2.19. The van der Waals surface area contributed by atoms with Crippen molar-refractivity contribution in [1.29, 1.82) is 0 Å². The third-order valence-electron chi connectivity index (χ3n) is 2.95. The van der Waals surface area contributed by atoms with E-state index in [-0.39, 0.29) is 12.5 Å². The molecular weight excluding hydrogens is 304 g/mol. The Bertz CT molecular complexity index is 702. The highest BCUT2D eigenvalue weighted by molar-refractivity contribution is 6.30. The van der Waals surface area contributed by atoms with Gasteiger partial charge in [-0.15, -0.1) is 0 Å². The molecule has 6 heteroatoms. The van der Waals surface area contributed by atoms with Crippen molar-refractivity contribution in [3.05, 3.63) is 58.6 Å². The number of hydrogen-bond donors (Lipinski definition) is 2. The number of nitrogens with zero attached hydrogens (tertiary/aromatic N) is 1. The van der Waals surface area contributed by atoms with Crippen molar-refractivity contribution in [1.82, 2.24) is 0 Å². The number of ether oxygens (including phenoxy) is 1. The van der Waals surface area contributed by atoms with E-state index in [1.54, 1.807) is 18.2 Å². The van der Waals surface area contributed by atoms with Crippen LogP contribution in [0.1, 0.15) is 11.1 Å². The van der Waals surface area contributed by atoms with Crippen LogP contribution in [0.5, 0.6) is 5.75 Å². The molecule has 114 valence electrons. The van der Waals surface area contributed by atoms with Crippen molar-refractivity contribution in [2.24, 2.45) is 5.16 Å². The molecule has 1 amide bonds. The molecule has 22 heavy (non-hydrogen) atoms. The van der Waals surface area contributed by atoms with Crippen molar-refractivity contribution >= 4 is 29.4 Å². The second-order valence-corrected chi connectivity index (χ2v) is 5.01. The van der Waals surface area contributed by atoms with Crippen molar-refractivity contribution in [3.63, 3.8) is 0 Å². The number of halogens is 1. The molecule has 0 unspecified atom stereocenters. The Hall–Kier alpha value is -2.53. The smallest absolute Gasteiger partial charge is 0.262 e. The molecular formula is C16H15ClN2O3. The minimum atomic E-state index is -0.281. The summed E-state index contributed by atoms with van der Waals surface area (Å²) < 4.78 is 5.45. The fraction of sp³-hybridized carbons (Fsp3) is 0.125. The lowest BCUT2D eigenvalue weighted by molar-refractivity contribution is -0.118. The van der Waals surface area contributed by atoms with Gasteiger partial charge in [-0.3, -0.25) is 4.79 Å². The van der Waals surface area contributed by atoms with Crippen molar-refractivity contribution in [2.45, 2.75) is 6.92 Å². The summed E-state index contributed by atoms with van der Waals surface area (Å²) in [6, 6.07) is 12.3. The topological polar surface area (TPSA) is 70.9 Å². The van der Waals surface area contributed by atoms with E-state index >= 15 is 0 Å². The first-order valence-electron chi connectivity index (χ1n) is 6.55. The van der Waals surface area contributed by atoms with Gasteiger partial charge in [-0.2, -0.15) is 0 Å². The summed E-state index contributed by atoms with van der Waals surface area (Å²) in [4.78, 5) is 11.9. The van der Waals surface area contributed by atoms with Gasteiger partial charge in [0, 0.05) is 16.3 Å². The van der Waals surface area contributed by atoms with Gasteiger partial charge in [0.05, 0.1) is 6.21 Å². The van der Waals surface area contributed by atoms with E-state index in [2.05, 4.69) is 10.5 Å². The van der Waals surface area contributed by atoms with E-state index in [1.807, 2.05) is 31.2 Å². The van der Waals surface area contributed by atoms with Crippen molar-refractivity contribution in [2.75, 3.05) is 11.9 Å². The lowest BCUT2D eigenvalue weighted by Gasteiger charge is -2.11. The maximum Gasteiger partial charge on any atom is 0.262 e. The van der Waals surface area contributed by atoms with Crippen molar-refractivity contribution in [3.8, 4) is 5.75 Å². The summed E-state index contributed by atoms with van der Waals surface area (Å²) in [5, 5.41) is 14.8. The zero-order valence-electron chi connectivity index (χ0n) is 11.9. The number of carbonyl (C=O) groups is 1. The first-order valence-corrected chi connectivity index (χ1v) is 6.93. The third kappa shape index (κ3) is 4.23. The Morgan fingerprint density at radius 1 is 1.36 bits per heavy atom. The lowest BCUT2D eigenvalue weighted by atomic mass is 10.2. The molecule has 0 aliphatic heterocycles. The number of carbonyl (C=O) groups excluding carboxylic acids is 1. The molecule has 0 saturated heterocycles. The van der Waals surface area contributed by atoms with E-state index in [0.717, 1.165) is 11.3 Å². The molecule has 2 N–H and O–H groups in total. The van der Waals surface area contributed by atoms with Crippen LogP contribution in [0, 0.1) is 6.92 Å². The fourth-order valence-electron chi connectivity index (χ4n) is 1.86. The minimum absolute atomic E-state index is 0.164. The van der Waals surface area contributed by atoms with Gasteiger partial charge < -0.3 is 15.3 Å². The molecule has 0 bridgehead atoms. The van der Waals surface area contributed by atoms with Crippen LogP contribution >= 0.6 is 11.6 Å². The van der Waals surface area contributed by atoms with E-state index in [4.69, 9.17) is 21.5 Å². The van der Waals surface area contributed by atoms with Gasteiger partial charge in [0.1, 0.15) is 5.75 Å². The predicted octanol–water partition coefficient (Wildman–Crippen LogP) is 3.47. The predicted molar refractivity (Wildman–Crippen MR) is 86.1 cm³/mol. The normalized spacial score (nSPS) is 10.6. The second-order valence-electron chi connectivity index (χ2n) is 4.58. The van der Waals surface area contributed by atoms with Gasteiger partial charge in [-0.05, 0) is 36.8 Å². The van der Waals surface area contributed by atoms with Gasteiger partial charge in [0.15, 0.2) is 6.61 Å². The Morgan fingerprint density at radius 3 is 2.86 bits per heavy atom. The zero-order valence-corrected chi connectivity index (χ0v) is 12.7. The molecule has 0 radical (unpaired) electrons. The third-order valence-corrected chi connectivity index (χ3v) is 3.18.